The summed E-state index contributed by atoms with van der Waals surface area (Å²) in [5.74, 6) is 0.645. The van der Waals surface area contributed by atoms with E-state index < -0.39 is 10.0 Å². The number of Topliss-reactive ketones (excluding diaryl/α,β-unsaturated/α-hetero) is 1. The predicted molar refractivity (Wildman–Crippen MR) is 173 cm³/mol. The molecule has 2 aliphatic rings. The van der Waals surface area contributed by atoms with Gasteiger partial charge in [0.15, 0.2) is 5.78 Å². The zero-order valence-corrected chi connectivity index (χ0v) is 26.6. The van der Waals surface area contributed by atoms with Crippen LogP contribution in [0.3, 0.4) is 0 Å². The molecule has 9 nitrogen and oxygen atoms in total. The van der Waals surface area contributed by atoms with Crippen LogP contribution in [0.4, 0.5) is 0 Å². The minimum Gasteiger partial charge on any atom is -0.493 e. The molecule has 4 heterocycles. The SMILES string of the molecule is COc1nn(S(=O)(=O)c2ccc(C)cc2)cc1-c1ccc2c(C(=O)C3COc4ccc(Cl)cc4C3)cn(CCN3CCC3)c2c1. The third kappa shape index (κ3) is 5.51. The Morgan fingerprint density at radius 3 is 2.58 bits per heavy atom. The number of ketones is 1. The van der Waals surface area contributed by atoms with Gasteiger partial charge < -0.3 is 18.9 Å². The maximum Gasteiger partial charge on any atom is 0.283 e. The van der Waals surface area contributed by atoms with Crippen LogP contribution in [0.15, 0.2) is 78.0 Å². The van der Waals surface area contributed by atoms with Crippen LogP contribution >= 0.6 is 11.6 Å². The summed E-state index contributed by atoms with van der Waals surface area (Å²) < 4.78 is 41.4. The van der Waals surface area contributed by atoms with Gasteiger partial charge in [0, 0.05) is 40.8 Å². The van der Waals surface area contributed by atoms with Crippen LogP contribution in [0.2, 0.25) is 5.02 Å². The molecule has 7 rings (SSSR count). The lowest BCUT2D eigenvalue weighted by atomic mass is 9.89. The fourth-order valence-corrected chi connectivity index (χ4v) is 7.39. The van der Waals surface area contributed by atoms with Crippen LogP contribution < -0.4 is 9.47 Å². The number of nitrogens with zero attached hydrogens (tertiary/aromatic N) is 4. The summed E-state index contributed by atoms with van der Waals surface area (Å²) in [6.07, 6.45) is 5.19. The number of fused-ring (bicyclic) bond motifs is 2. The van der Waals surface area contributed by atoms with Gasteiger partial charge in [-0.2, -0.15) is 12.5 Å². The third-order valence-electron chi connectivity index (χ3n) is 8.78. The first-order valence-corrected chi connectivity index (χ1v) is 16.8. The van der Waals surface area contributed by atoms with Gasteiger partial charge >= 0.3 is 0 Å². The number of hydrogen-bond donors (Lipinski definition) is 0. The van der Waals surface area contributed by atoms with E-state index in [4.69, 9.17) is 21.1 Å². The molecule has 45 heavy (non-hydrogen) atoms. The summed E-state index contributed by atoms with van der Waals surface area (Å²) >= 11 is 6.23. The van der Waals surface area contributed by atoms with Crippen molar-refractivity contribution in [2.75, 3.05) is 33.4 Å². The maximum absolute atomic E-state index is 14.0. The second-order valence-electron chi connectivity index (χ2n) is 11.7. The third-order valence-corrected chi connectivity index (χ3v) is 10.6. The standard InChI is InChI=1S/C34H33ClN4O5S/c1-22-4-8-27(9-5-22)45(41,42)39-20-29(34(36-39)43-2)23-6-10-28-30(19-38(31(28)18-23)15-14-37-12-3-13-37)33(40)25-16-24-17-26(35)7-11-32(24)44-21-25/h4-11,17-20,25H,3,12-16,21H2,1-2H3. The number of likely N-dealkylation sites (tertiary alicyclic amines) is 1. The Morgan fingerprint density at radius 2 is 1.84 bits per heavy atom. The minimum absolute atomic E-state index is 0.0238. The van der Waals surface area contributed by atoms with Crippen molar-refractivity contribution in [1.29, 1.82) is 0 Å². The highest BCUT2D eigenvalue weighted by molar-refractivity contribution is 7.89. The Kier molecular flexibility index (Phi) is 7.67. The summed E-state index contributed by atoms with van der Waals surface area (Å²) in [5, 5.41) is 5.74. The number of halogens is 1. The van der Waals surface area contributed by atoms with Crippen molar-refractivity contribution in [3.8, 4) is 22.8 Å². The number of ether oxygens (including phenoxy) is 2. The minimum atomic E-state index is -3.93. The summed E-state index contributed by atoms with van der Waals surface area (Å²) in [7, 11) is -2.46. The fraction of sp³-hybridized carbons (Fsp3) is 0.294. The first kappa shape index (κ1) is 29.6. The van der Waals surface area contributed by atoms with Crippen molar-refractivity contribution in [3.05, 3.63) is 94.8 Å². The van der Waals surface area contributed by atoms with Gasteiger partial charge in [-0.05, 0) is 80.4 Å². The zero-order valence-electron chi connectivity index (χ0n) is 25.1. The van der Waals surface area contributed by atoms with E-state index in [0.29, 0.717) is 35.7 Å². The monoisotopic (exact) mass is 644 g/mol. The Balaban J connectivity index is 1.26. The second kappa shape index (κ2) is 11.7. The van der Waals surface area contributed by atoms with Gasteiger partial charge in [-0.15, -0.1) is 5.10 Å². The summed E-state index contributed by atoms with van der Waals surface area (Å²) in [6, 6.07) is 17.9. The first-order valence-electron chi connectivity index (χ1n) is 15.0. The quantitative estimate of drug-likeness (QED) is 0.186. The zero-order chi connectivity index (χ0) is 31.3. The molecule has 11 heteroatoms. The van der Waals surface area contributed by atoms with Crippen LogP contribution in [0.5, 0.6) is 11.6 Å². The fourth-order valence-electron chi connectivity index (χ4n) is 6.07. The highest BCUT2D eigenvalue weighted by Crippen LogP contribution is 2.36. The lowest BCUT2D eigenvalue weighted by Crippen LogP contribution is -2.39. The van der Waals surface area contributed by atoms with Crippen molar-refractivity contribution in [3.63, 3.8) is 0 Å². The maximum atomic E-state index is 14.0. The summed E-state index contributed by atoms with van der Waals surface area (Å²) in [4.78, 5) is 16.5. The number of methoxy groups -OCH3 is 1. The van der Waals surface area contributed by atoms with Gasteiger partial charge in [0.1, 0.15) is 5.75 Å². The van der Waals surface area contributed by atoms with Crippen LogP contribution in [0.25, 0.3) is 22.0 Å². The van der Waals surface area contributed by atoms with Crippen LogP contribution in [0.1, 0.15) is 27.9 Å². The average Bonchev–Trinajstić information content (AvgIpc) is 3.62. The Labute approximate surface area is 267 Å². The number of benzene rings is 3. The largest absolute Gasteiger partial charge is 0.493 e. The molecule has 0 radical (unpaired) electrons. The molecule has 0 aliphatic carbocycles. The molecule has 0 spiro atoms. The number of carbonyl (C=O) groups excluding carboxylic acids is 1. The average molecular weight is 645 g/mol. The Bertz CT molecular complexity index is 2030. The smallest absolute Gasteiger partial charge is 0.283 e. The van der Waals surface area contributed by atoms with Gasteiger partial charge in [-0.3, -0.25) is 4.79 Å². The van der Waals surface area contributed by atoms with E-state index in [9.17, 15) is 13.2 Å². The van der Waals surface area contributed by atoms with E-state index in [0.717, 1.165) is 57.1 Å². The molecule has 1 fully saturated rings. The molecule has 5 aromatic rings. The number of hydrogen-bond acceptors (Lipinski definition) is 7. The number of carbonyl (C=O) groups is 1. The Hall–Kier alpha value is -4.12. The lowest BCUT2D eigenvalue weighted by molar-refractivity contribution is 0.0856. The topological polar surface area (TPSA) is 95.7 Å². The first-order chi connectivity index (χ1) is 21.7. The molecule has 3 aromatic carbocycles. The molecule has 2 aromatic heterocycles. The van der Waals surface area contributed by atoms with Crippen LogP contribution in [-0.2, 0) is 23.0 Å². The van der Waals surface area contributed by atoms with Crippen molar-refractivity contribution < 1.29 is 22.7 Å². The molecule has 1 saturated heterocycles. The molecule has 0 bridgehead atoms. The van der Waals surface area contributed by atoms with E-state index in [1.165, 1.54) is 19.7 Å². The molecule has 0 amide bonds. The highest BCUT2D eigenvalue weighted by atomic mass is 35.5. The van der Waals surface area contributed by atoms with Crippen molar-refractivity contribution in [1.82, 2.24) is 18.7 Å². The van der Waals surface area contributed by atoms with Crippen molar-refractivity contribution in [2.24, 2.45) is 5.92 Å². The number of aryl methyl sites for hydroxylation is 1. The number of rotatable bonds is 9. The van der Waals surface area contributed by atoms with E-state index >= 15 is 0 Å². The molecular formula is C34H33ClN4O5S. The molecular weight excluding hydrogens is 612 g/mol. The van der Waals surface area contributed by atoms with Gasteiger partial charge in [0.25, 0.3) is 10.0 Å². The highest BCUT2D eigenvalue weighted by Gasteiger charge is 2.30. The number of aromatic nitrogens is 3. The van der Waals surface area contributed by atoms with E-state index in [-0.39, 0.29) is 22.5 Å². The molecule has 0 N–H and O–H groups in total. The second-order valence-corrected chi connectivity index (χ2v) is 14.0. The molecule has 1 atom stereocenters. The van der Waals surface area contributed by atoms with Crippen LogP contribution in [-0.4, -0.2) is 66.2 Å². The van der Waals surface area contributed by atoms with Crippen LogP contribution in [0, 0.1) is 12.8 Å². The van der Waals surface area contributed by atoms with Gasteiger partial charge in [-0.1, -0.05) is 41.4 Å². The Morgan fingerprint density at radius 1 is 1.04 bits per heavy atom. The normalized spacial score (nSPS) is 16.6. The molecule has 2 aliphatic heterocycles. The van der Waals surface area contributed by atoms with Gasteiger partial charge in [-0.25, -0.2) is 0 Å². The summed E-state index contributed by atoms with van der Waals surface area (Å²) in [5.41, 5.74) is 4.68. The van der Waals surface area contributed by atoms with Crippen molar-refractivity contribution >= 4 is 38.3 Å². The summed E-state index contributed by atoms with van der Waals surface area (Å²) in [6.45, 7) is 5.93. The van der Waals surface area contributed by atoms with E-state index in [1.54, 1.807) is 30.3 Å². The van der Waals surface area contributed by atoms with Gasteiger partial charge in [0.2, 0.25) is 5.88 Å². The van der Waals surface area contributed by atoms with Gasteiger partial charge in [0.05, 0.1) is 36.3 Å². The van der Waals surface area contributed by atoms with E-state index in [1.807, 2.05) is 43.5 Å². The predicted octanol–water partition coefficient (Wildman–Crippen LogP) is 5.85. The molecule has 0 saturated carbocycles. The van der Waals surface area contributed by atoms with Crippen molar-refractivity contribution in [2.45, 2.75) is 31.2 Å². The molecule has 232 valence electrons. The van der Waals surface area contributed by atoms with E-state index in [2.05, 4.69) is 14.6 Å². The lowest BCUT2D eigenvalue weighted by Gasteiger charge is -2.30. The molecule has 1 unspecified atom stereocenters.